The van der Waals surface area contributed by atoms with Crippen LogP contribution in [0.4, 0.5) is 0 Å². The van der Waals surface area contributed by atoms with Gasteiger partial charge in [0.25, 0.3) is 0 Å². The minimum atomic E-state index is -0.0911. The molecule has 0 spiro atoms. The molecule has 126 valence electrons. The van der Waals surface area contributed by atoms with Crippen molar-refractivity contribution in [3.05, 3.63) is 0 Å². The van der Waals surface area contributed by atoms with Gasteiger partial charge in [0.15, 0.2) is 0 Å². The summed E-state index contributed by atoms with van der Waals surface area (Å²) in [6, 6.07) is -0.0911. The number of likely N-dealkylation sites (tertiary alicyclic amines) is 1. The van der Waals surface area contributed by atoms with Gasteiger partial charge >= 0.3 is 0 Å². The largest absolute Gasteiger partial charge is 0.353 e. The topological polar surface area (TPSA) is 75.4 Å². The summed E-state index contributed by atoms with van der Waals surface area (Å²) in [4.78, 5) is 26.5. The van der Waals surface area contributed by atoms with Crippen LogP contribution in [0.15, 0.2) is 0 Å². The number of nitrogens with two attached hydrogens (primary N) is 1. The average molecular weight is 309 g/mol. The van der Waals surface area contributed by atoms with Crippen molar-refractivity contribution in [2.75, 3.05) is 19.6 Å². The molecule has 2 atom stereocenters. The molecular weight excluding hydrogens is 278 g/mol. The summed E-state index contributed by atoms with van der Waals surface area (Å²) in [6.45, 7) is 6.21. The highest BCUT2D eigenvalue weighted by molar-refractivity contribution is 5.81. The summed E-state index contributed by atoms with van der Waals surface area (Å²) in [5, 5.41) is 3.03. The fraction of sp³-hybridized carbons (Fsp3) is 0.882. The maximum absolute atomic E-state index is 12.4. The van der Waals surface area contributed by atoms with Crippen LogP contribution in [0.2, 0.25) is 0 Å². The van der Waals surface area contributed by atoms with Gasteiger partial charge in [-0.1, -0.05) is 26.2 Å². The molecule has 1 aliphatic carbocycles. The minimum absolute atomic E-state index is 0.0598. The first-order valence-electron chi connectivity index (χ1n) is 8.72. The maximum Gasteiger partial charge on any atom is 0.224 e. The smallest absolute Gasteiger partial charge is 0.224 e. The molecule has 2 amide bonds. The first-order valence-corrected chi connectivity index (χ1v) is 8.72. The Balaban J connectivity index is 1.75. The van der Waals surface area contributed by atoms with Gasteiger partial charge in [-0.15, -0.1) is 0 Å². The van der Waals surface area contributed by atoms with Crippen molar-refractivity contribution in [3.8, 4) is 0 Å². The molecular formula is C17H31N3O2. The Morgan fingerprint density at radius 3 is 2.59 bits per heavy atom. The highest BCUT2D eigenvalue weighted by atomic mass is 16.2. The summed E-state index contributed by atoms with van der Waals surface area (Å²) in [6.07, 6.45) is 6.89. The van der Waals surface area contributed by atoms with Crippen LogP contribution in [0.3, 0.4) is 0 Å². The normalized spacial score (nSPS) is 27.7. The number of amides is 2. The summed E-state index contributed by atoms with van der Waals surface area (Å²) >= 11 is 0. The summed E-state index contributed by atoms with van der Waals surface area (Å²) in [5.74, 6) is 0.417. The molecule has 0 aromatic rings. The highest BCUT2D eigenvalue weighted by Crippen LogP contribution is 2.29. The first-order chi connectivity index (χ1) is 10.4. The standard InChI is InChI=1S/C17H31N3O2/c1-13(19-16(22)14-6-4-3-5-7-14)10-15(21)20-9-8-17(2,11-18)12-20/h13-14H,3-12,18H2,1-2H3,(H,19,22). The van der Waals surface area contributed by atoms with E-state index in [1.165, 1.54) is 6.42 Å². The van der Waals surface area contributed by atoms with E-state index in [9.17, 15) is 9.59 Å². The van der Waals surface area contributed by atoms with Crippen LogP contribution in [-0.4, -0.2) is 42.4 Å². The van der Waals surface area contributed by atoms with E-state index in [1.54, 1.807) is 0 Å². The molecule has 2 aliphatic rings. The predicted octanol–water partition coefficient (Wildman–Crippen LogP) is 1.66. The predicted molar refractivity (Wildman–Crippen MR) is 87.2 cm³/mol. The molecule has 2 unspecified atom stereocenters. The molecule has 0 radical (unpaired) electrons. The van der Waals surface area contributed by atoms with Crippen LogP contribution in [0.1, 0.15) is 58.8 Å². The van der Waals surface area contributed by atoms with E-state index in [4.69, 9.17) is 5.73 Å². The van der Waals surface area contributed by atoms with Crippen molar-refractivity contribution in [2.45, 2.75) is 64.8 Å². The van der Waals surface area contributed by atoms with Crippen LogP contribution >= 0.6 is 0 Å². The third kappa shape index (κ3) is 4.45. The molecule has 2 rings (SSSR count). The third-order valence-corrected chi connectivity index (χ3v) is 5.25. The molecule has 1 aliphatic heterocycles. The van der Waals surface area contributed by atoms with Crippen LogP contribution in [0, 0.1) is 11.3 Å². The van der Waals surface area contributed by atoms with Crippen LogP contribution in [0.5, 0.6) is 0 Å². The lowest BCUT2D eigenvalue weighted by Gasteiger charge is -2.25. The van der Waals surface area contributed by atoms with Crippen LogP contribution < -0.4 is 11.1 Å². The molecule has 0 aromatic heterocycles. The van der Waals surface area contributed by atoms with Gasteiger partial charge in [-0.25, -0.2) is 0 Å². The Labute approximate surface area is 134 Å². The zero-order chi connectivity index (χ0) is 16.2. The summed E-state index contributed by atoms with van der Waals surface area (Å²) in [7, 11) is 0. The van der Waals surface area contributed by atoms with Crippen molar-refractivity contribution in [2.24, 2.45) is 17.1 Å². The second-order valence-electron chi connectivity index (χ2n) is 7.53. The van der Waals surface area contributed by atoms with E-state index in [1.807, 2.05) is 11.8 Å². The molecule has 5 heteroatoms. The van der Waals surface area contributed by atoms with Crippen molar-refractivity contribution >= 4 is 11.8 Å². The number of rotatable bonds is 5. The molecule has 2 fully saturated rings. The number of hydrogen-bond donors (Lipinski definition) is 2. The quantitative estimate of drug-likeness (QED) is 0.811. The number of carbonyl (C=O) groups excluding carboxylic acids is 2. The van der Waals surface area contributed by atoms with Gasteiger partial charge in [0, 0.05) is 31.5 Å². The van der Waals surface area contributed by atoms with Crippen molar-refractivity contribution < 1.29 is 9.59 Å². The fourth-order valence-electron chi connectivity index (χ4n) is 3.57. The monoisotopic (exact) mass is 309 g/mol. The number of hydrogen-bond acceptors (Lipinski definition) is 3. The lowest BCUT2D eigenvalue weighted by atomic mass is 9.88. The molecule has 0 bridgehead atoms. The van der Waals surface area contributed by atoms with E-state index in [2.05, 4.69) is 12.2 Å². The number of nitrogens with zero attached hydrogens (tertiary/aromatic N) is 1. The Kier molecular flexibility index (Phi) is 5.84. The highest BCUT2D eigenvalue weighted by Gasteiger charge is 2.35. The molecule has 3 N–H and O–H groups in total. The minimum Gasteiger partial charge on any atom is -0.353 e. The molecule has 1 heterocycles. The Hall–Kier alpha value is -1.10. The van der Waals surface area contributed by atoms with E-state index < -0.39 is 0 Å². The molecule has 5 nitrogen and oxygen atoms in total. The average Bonchev–Trinajstić information content (AvgIpc) is 2.91. The zero-order valence-electron chi connectivity index (χ0n) is 14.1. The second-order valence-corrected chi connectivity index (χ2v) is 7.53. The van der Waals surface area contributed by atoms with Gasteiger partial charge in [-0.3, -0.25) is 9.59 Å². The second kappa shape index (κ2) is 7.44. The Morgan fingerprint density at radius 2 is 2.00 bits per heavy atom. The van der Waals surface area contributed by atoms with Crippen molar-refractivity contribution in [3.63, 3.8) is 0 Å². The van der Waals surface area contributed by atoms with E-state index in [0.29, 0.717) is 13.0 Å². The molecule has 22 heavy (non-hydrogen) atoms. The van der Waals surface area contributed by atoms with Gasteiger partial charge in [-0.2, -0.15) is 0 Å². The Morgan fingerprint density at radius 1 is 1.32 bits per heavy atom. The van der Waals surface area contributed by atoms with Gasteiger partial charge < -0.3 is 16.0 Å². The van der Waals surface area contributed by atoms with E-state index in [-0.39, 0.29) is 29.2 Å². The van der Waals surface area contributed by atoms with Gasteiger partial charge in [0.2, 0.25) is 11.8 Å². The molecule has 0 aromatic carbocycles. The summed E-state index contributed by atoms with van der Waals surface area (Å²) < 4.78 is 0. The fourth-order valence-corrected chi connectivity index (χ4v) is 3.57. The summed E-state index contributed by atoms with van der Waals surface area (Å²) in [5.41, 5.74) is 5.84. The van der Waals surface area contributed by atoms with Crippen LogP contribution in [0.25, 0.3) is 0 Å². The van der Waals surface area contributed by atoms with Crippen LogP contribution in [-0.2, 0) is 9.59 Å². The molecule has 1 saturated heterocycles. The lowest BCUT2D eigenvalue weighted by molar-refractivity contribution is -0.131. The lowest BCUT2D eigenvalue weighted by Crippen LogP contribution is -2.42. The first kappa shape index (κ1) is 17.3. The van der Waals surface area contributed by atoms with Crippen molar-refractivity contribution in [1.82, 2.24) is 10.2 Å². The van der Waals surface area contributed by atoms with Gasteiger partial charge in [0.1, 0.15) is 0 Å². The van der Waals surface area contributed by atoms with Gasteiger partial charge in [0.05, 0.1) is 0 Å². The molecule has 1 saturated carbocycles. The van der Waals surface area contributed by atoms with E-state index >= 15 is 0 Å². The zero-order valence-corrected chi connectivity index (χ0v) is 14.1. The third-order valence-electron chi connectivity index (χ3n) is 5.25. The number of carbonyl (C=O) groups is 2. The maximum atomic E-state index is 12.4. The van der Waals surface area contributed by atoms with Gasteiger partial charge in [-0.05, 0) is 38.1 Å². The van der Waals surface area contributed by atoms with E-state index in [0.717, 1.165) is 45.2 Å². The van der Waals surface area contributed by atoms with Crippen molar-refractivity contribution in [1.29, 1.82) is 0 Å². The number of nitrogens with one attached hydrogen (secondary N) is 1. The Bertz CT molecular complexity index is 407. The SMILES string of the molecule is CC(CC(=O)N1CCC(C)(CN)C1)NC(=O)C1CCCCC1.